The minimum atomic E-state index is -0.610. The molecule has 112 valence electrons. The van der Waals surface area contributed by atoms with E-state index in [0.717, 1.165) is 45.3 Å². The predicted octanol–water partition coefficient (Wildman–Crippen LogP) is 1.07. The van der Waals surface area contributed by atoms with Gasteiger partial charge in [-0.05, 0) is 26.2 Å². The van der Waals surface area contributed by atoms with E-state index in [1.807, 2.05) is 4.90 Å². The van der Waals surface area contributed by atoms with Crippen molar-refractivity contribution in [3.05, 3.63) is 0 Å². The fourth-order valence-electron chi connectivity index (χ4n) is 3.87. The third-order valence-electron chi connectivity index (χ3n) is 5.22. The normalized spacial score (nSPS) is 31.4. The lowest BCUT2D eigenvalue weighted by atomic mass is 9.92. The summed E-state index contributed by atoms with van der Waals surface area (Å²) in [5, 5.41) is 3.02. The van der Waals surface area contributed by atoms with Gasteiger partial charge in [0.05, 0.1) is 6.61 Å². The molecule has 0 aromatic carbocycles. The number of nitrogens with zero attached hydrogens (tertiary/aromatic N) is 1. The van der Waals surface area contributed by atoms with Gasteiger partial charge in [-0.15, -0.1) is 0 Å². The summed E-state index contributed by atoms with van der Waals surface area (Å²) in [5.41, 5.74) is -0.610. The average molecular weight is 280 g/mol. The molecule has 2 atom stereocenters. The van der Waals surface area contributed by atoms with Crippen molar-refractivity contribution in [1.29, 1.82) is 0 Å². The molecule has 1 spiro atoms. The van der Waals surface area contributed by atoms with Crippen molar-refractivity contribution in [1.82, 2.24) is 10.2 Å². The van der Waals surface area contributed by atoms with Gasteiger partial charge >= 0.3 is 0 Å². The maximum Gasteiger partial charge on any atom is 0.248 e. The van der Waals surface area contributed by atoms with Gasteiger partial charge in [0, 0.05) is 31.5 Å². The molecule has 2 aliphatic heterocycles. The summed E-state index contributed by atoms with van der Waals surface area (Å²) < 4.78 is 5.45. The highest BCUT2D eigenvalue weighted by atomic mass is 16.5. The first-order chi connectivity index (χ1) is 9.62. The molecule has 3 aliphatic rings. The molecule has 2 unspecified atom stereocenters. The Hall–Kier alpha value is -1.10. The lowest BCUT2D eigenvalue weighted by Gasteiger charge is -2.37. The minimum absolute atomic E-state index is 0.0256. The Bertz CT molecular complexity index is 398. The predicted molar refractivity (Wildman–Crippen MR) is 74.1 cm³/mol. The lowest BCUT2D eigenvalue weighted by Crippen LogP contribution is -2.57. The van der Waals surface area contributed by atoms with Crippen LogP contribution < -0.4 is 5.32 Å². The van der Waals surface area contributed by atoms with Crippen LogP contribution in [0.15, 0.2) is 0 Å². The number of carbonyl (C=O) groups excluding carboxylic acids is 2. The number of nitrogens with one attached hydrogen (secondary N) is 1. The van der Waals surface area contributed by atoms with Crippen LogP contribution in [-0.2, 0) is 14.3 Å². The van der Waals surface area contributed by atoms with E-state index in [-0.39, 0.29) is 17.9 Å². The van der Waals surface area contributed by atoms with Gasteiger partial charge < -0.3 is 15.0 Å². The molecule has 0 aromatic rings. The van der Waals surface area contributed by atoms with Crippen LogP contribution in [0.2, 0.25) is 0 Å². The minimum Gasteiger partial charge on any atom is -0.381 e. The molecule has 2 saturated heterocycles. The Labute approximate surface area is 120 Å². The highest BCUT2D eigenvalue weighted by Gasteiger charge is 2.48. The van der Waals surface area contributed by atoms with Crippen molar-refractivity contribution < 1.29 is 14.3 Å². The summed E-state index contributed by atoms with van der Waals surface area (Å²) in [5.74, 6) is 0.573. The zero-order valence-electron chi connectivity index (χ0n) is 12.2. The van der Waals surface area contributed by atoms with Gasteiger partial charge in [-0.1, -0.05) is 12.8 Å². The summed E-state index contributed by atoms with van der Waals surface area (Å²) in [6.45, 7) is 4.18. The number of rotatable bonds is 2. The molecular weight excluding hydrogens is 256 g/mol. The maximum atomic E-state index is 13.0. The number of ether oxygens (including phenoxy) is 1. The fraction of sp³-hybridized carbons (Fsp3) is 0.867. The van der Waals surface area contributed by atoms with E-state index in [4.69, 9.17) is 4.74 Å². The monoisotopic (exact) mass is 280 g/mol. The molecule has 3 fully saturated rings. The quantitative estimate of drug-likeness (QED) is 0.823. The molecule has 5 nitrogen and oxygen atoms in total. The molecule has 1 saturated carbocycles. The van der Waals surface area contributed by atoms with Gasteiger partial charge in [0.15, 0.2) is 0 Å². The van der Waals surface area contributed by atoms with Crippen molar-refractivity contribution >= 4 is 11.8 Å². The molecule has 1 aliphatic carbocycles. The van der Waals surface area contributed by atoms with E-state index in [1.165, 1.54) is 0 Å². The summed E-state index contributed by atoms with van der Waals surface area (Å²) in [7, 11) is 0. The number of amides is 2. The van der Waals surface area contributed by atoms with E-state index in [0.29, 0.717) is 18.9 Å². The van der Waals surface area contributed by atoms with Crippen LogP contribution in [0, 0.1) is 5.92 Å². The van der Waals surface area contributed by atoms with Gasteiger partial charge in [-0.2, -0.15) is 0 Å². The van der Waals surface area contributed by atoms with Gasteiger partial charge in [-0.3, -0.25) is 9.59 Å². The van der Waals surface area contributed by atoms with Crippen LogP contribution in [0.3, 0.4) is 0 Å². The topological polar surface area (TPSA) is 58.6 Å². The second-order valence-corrected chi connectivity index (χ2v) is 6.45. The molecule has 0 radical (unpaired) electrons. The summed E-state index contributed by atoms with van der Waals surface area (Å²) in [6, 6.07) is 0.162. The second-order valence-electron chi connectivity index (χ2n) is 6.45. The van der Waals surface area contributed by atoms with Crippen molar-refractivity contribution in [2.75, 3.05) is 19.8 Å². The van der Waals surface area contributed by atoms with Crippen LogP contribution in [0.4, 0.5) is 0 Å². The highest BCUT2D eigenvalue weighted by molar-refractivity contribution is 5.94. The Balaban J connectivity index is 1.82. The molecule has 0 aromatic heterocycles. The largest absolute Gasteiger partial charge is 0.381 e. The van der Waals surface area contributed by atoms with E-state index < -0.39 is 5.54 Å². The zero-order chi connectivity index (χ0) is 14.2. The Kier molecular flexibility index (Phi) is 3.71. The molecule has 2 heterocycles. The van der Waals surface area contributed by atoms with Crippen molar-refractivity contribution in [3.63, 3.8) is 0 Å². The third-order valence-corrected chi connectivity index (χ3v) is 5.22. The molecule has 5 heteroatoms. The molecule has 1 N–H and O–H groups in total. The van der Waals surface area contributed by atoms with Gasteiger partial charge in [0.1, 0.15) is 5.54 Å². The van der Waals surface area contributed by atoms with Crippen LogP contribution in [0.1, 0.15) is 45.4 Å². The van der Waals surface area contributed by atoms with Crippen molar-refractivity contribution in [3.8, 4) is 0 Å². The van der Waals surface area contributed by atoms with Gasteiger partial charge in [-0.25, -0.2) is 0 Å². The van der Waals surface area contributed by atoms with Crippen molar-refractivity contribution in [2.45, 2.75) is 57.0 Å². The van der Waals surface area contributed by atoms with Crippen molar-refractivity contribution in [2.24, 2.45) is 5.92 Å². The summed E-state index contributed by atoms with van der Waals surface area (Å²) in [4.78, 5) is 26.9. The fourth-order valence-corrected chi connectivity index (χ4v) is 3.87. The van der Waals surface area contributed by atoms with Crippen LogP contribution in [0.25, 0.3) is 0 Å². The van der Waals surface area contributed by atoms with E-state index in [1.54, 1.807) is 0 Å². The SMILES string of the molecule is CC(C1CCOC1)N1CCC(=O)NC2(CCCC2)C1=O. The summed E-state index contributed by atoms with van der Waals surface area (Å²) >= 11 is 0. The van der Waals surface area contributed by atoms with Gasteiger partial charge in [0.2, 0.25) is 11.8 Å². The third kappa shape index (κ3) is 2.32. The summed E-state index contributed by atoms with van der Waals surface area (Å²) in [6.07, 6.45) is 5.08. The second kappa shape index (κ2) is 5.35. The molecular formula is C15H24N2O3. The molecule has 2 amide bonds. The number of carbonyl (C=O) groups is 2. The number of hydrogen-bond acceptors (Lipinski definition) is 3. The van der Waals surface area contributed by atoms with Crippen LogP contribution in [-0.4, -0.2) is 48.1 Å². The van der Waals surface area contributed by atoms with Crippen LogP contribution in [0.5, 0.6) is 0 Å². The van der Waals surface area contributed by atoms with E-state index in [9.17, 15) is 9.59 Å². The van der Waals surface area contributed by atoms with Crippen LogP contribution >= 0.6 is 0 Å². The Morgan fingerprint density at radius 1 is 1.35 bits per heavy atom. The molecule has 0 bridgehead atoms. The first-order valence-electron chi connectivity index (χ1n) is 7.82. The molecule has 3 rings (SSSR count). The smallest absolute Gasteiger partial charge is 0.248 e. The lowest BCUT2D eigenvalue weighted by molar-refractivity contribution is -0.141. The standard InChI is InChI=1S/C15H24N2O3/c1-11(12-5-9-20-10-12)17-8-4-13(18)16-15(14(17)19)6-2-3-7-15/h11-12H,2-10H2,1H3,(H,16,18). The molecule has 20 heavy (non-hydrogen) atoms. The van der Waals surface area contributed by atoms with E-state index in [2.05, 4.69) is 12.2 Å². The first kappa shape index (κ1) is 13.9. The van der Waals surface area contributed by atoms with E-state index >= 15 is 0 Å². The Morgan fingerprint density at radius 3 is 2.75 bits per heavy atom. The number of hydrogen-bond donors (Lipinski definition) is 1. The zero-order valence-corrected chi connectivity index (χ0v) is 12.2. The first-order valence-corrected chi connectivity index (χ1v) is 7.82. The highest BCUT2D eigenvalue weighted by Crippen LogP contribution is 2.34. The average Bonchev–Trinajstić information content (AvgIpc) is 3.07. The maximum absolute atomic E-state index is 13.0. The Morgan fingerprint density at radius 2 is 2.10 bits per heavy atom. The van der Waals surface area contributed by atoms with Gasteiger partial charge in [0.25, 0.3) is 0 Å².